The van der Waals surface area contributed by atoms with Crippen molar-refractivity contribution in [2.75, 3.05) is 32.7 Å². The number of piperazine rings is 1. The number of carbonyl (C=O) groups excluding carboxylic acids is 1. The maximum atomic E-state index is 13.5. The average molecular weight is 407 g/mol. The summed E-state index contributed by atoms with van der Waals surface area (Å²) in [6, 6.07) is 14.1. The molecule has 30 heavy (non-hydrogen) atoms. The van der Waals surface area contributed by atoms with Gasteiger partial charge in [0.1, 0.15) is 11.5 Å². The fourth-order valence-electron chi connectivity index (χ4n) is 3.95. The molecule has 1 aliphatic heterocycles. The smallest absolute Gasteiger partial charge is 0.272 e. The first-order chi connectivity index (χ1) is 14.5. The van der Waals surface area contributed by atoms with E-state index in [2.05, 4.69) is 17.9 Å². The Morgan fingerprint density at radius 2 is 1.70 bits per heavy atom. The number of likely N-dealkylation sites (N-methyl/N-ethyl adjacent to an activating group) is 1. The van der Waals surface area contributed by atoms with Gasteiger partial charge < -0.3 is 9.80 Å². The lowest BCUT2D eigenvalue weighted by atomic mass is 10.1. The Kier molecular flexibility index (Phi) is 5.68. The molecule has 5 nitrogen and oxygen atoms in total. The second-order valence-electron chi connectivity index (χ2n) is 7.85. The first-order valence-corrected chi connectivity index (χ1v) is 10.4. The number of carbonyl (C=O) groups is 1. The molecule has 1 amide bonds. The van der Waals surface area contributed by atoms with Crippen LogP contribution in [0.2, 0.25) is 0 Å². The number of nitrogens with zero attached hydrogens (tertiary/aromatic N) is 4. The van der Waals surface area contributed by atoms with Crippen molar-refractivity contribution in [1.29, 1.82) is 0 Å². The highest BCUT2D eigenvalue weighted by atomic mass is 19.1. The fourth-order valence-corrected chi connectivity index (χ4v) is 3.95. The molecule has 2 aromatic carbocycles. The Hall–Kier alpha value is -2.99. The topological polar surface area (TPSA) is 41.4 Å². The number of rotatable bonds is 4. The van der Waals surface area contributed by atoms with Gasteiger partial charge in [-0.2, -0.15) is 5.10 Å². The van der Waals surface area contributed by atoms with Gasteiger partial charge in [-0.05, 0) is 62.4 Å². The lowest BCUT2D eigenvalue weighted by molar-refractivity contribution is 0.0634. The van der Waals surface area contributed by atoms with E-state index >= 15 is 0 Å². The fraction of sp³-hybridized carbons (Fsp3) is 0.333. The summed E-state index contributed by atoms with van der Waals surface area (Å²) in [7, 11) is 0. The van der Waals surface area contributed by atoms with E-state index in [-0.39, 0.29) is 11.7 Å². The number of aromatic nitrogens is 2. The number of amides is 1. The van der Waals surface area contributed by atoms with Crippen LogP contribution in [0, 0.1) is 19.7 Å². The maximum absolute atomic E-state index is 13.5. The minimum atomic E-state index is -0.294. The quantitative estimate of drug-likeness (QED) is 0.656. The molecule has 0 atom stereocenters. The van der Waals surface area contributed by atoms with Crippen molar-refractivity contribution in [2.24, 2.45) is 0 Å². The molecule has 0 saturated carbocycles. The molecule has 4 rings (SSSR count). The molecule has 0 radical (unpaired) electrons. The molecule has 1 fully saturated rings. The number of halogens is 1. The molecule has 1 saturated heterocycles. The largest absolute Gasteiger partial charge is 0.335 e. The minimum absolute atomic E-state index is 0.0217. The van der Waals surface area contributed by atoms with Crippen molar-refractivity contribution in [3.05, 3.63) is 71.2 Å². The van der Waals surface area contributed by atoms with Crippen LogP contribution in [-0.4, -0.2) is 58.2 Å². The zero-order valence-electron chi connectivity index (χ0n) is 17.7. The van der Waals surface area contributed by atoms with Crippen molar-refractivity contribution in [2.45, 2.75) is 20.8 Å². The molecule has 0 aliphatic carbocycles. The highest BCUT2D eigenvalue weighted by molar-refractivity contribution is 5.94. The molecule has 1 aliphatic rings. The van der Waals surface area contributed by atoms with Crippen LogP contribution in [0.1, 0.15) is 28.5 Å². The number of hydrogen-bond donors (Lipinski definition) is 0. The molecule has 0 unspecified atom stereocenters. The summed E-state index contributed by atoms with van der Waals surface area (Å²) >= 11 is 0. The van der Waals surface area contributed by atoms with Crippen LogP contribution in [0.5, 0.6) is 0 Å². The summed E-state index contributed by atoms with van der Waals surface area (Å²) in [6.45, 7) is 10.4. The first kappa shape index (κ1) is 20.3. The van der Waals surface area contributed by atoms with Gasteiger partial charge in [0.05, 0.1) is 11.4 Å². The lowest BCUT2D eigenvalue weighted by Gasteiger charge is -2.34. The summed E-state index contributed by atoms with van der Waals surface area (Å²) in [5.74, 6) is -0.316. The van der Waals surface area contributed by atoms with Gasteiger partial charge in [-0.1, -0.05) is 24.6 Å². The maximum Gasteiger partial charge on any atom is 0.272 e. The summed E-state index contributed by atoms with van der Waals surface area (Å²) in [6.07, 6.45) is 0. The van der Waals surface area contributed by atoms with Crippen LogP contribution in [-0.2, 0) is 0 Å². The third-order valence-corrected chi connectivity index (χ3v) is 5.76. The molecule has 2 heterocycles. The van der Waals surface area contributed by atoms with E-state index in [1.165, 1.54) is 12.1 Å². The van der Waals surface area contributed by atoms with Gasteiger partial charge in [0.15, 0.2) is 0 Å². The van der Waals surface area contributed by atoms with E-state index in [9.17, 15) is 9.18 Å². The summed E-state index contributed by atoms with van der Waals surface area (Å²) < 4.78 is 15.1. The third kappa shape index (κ3) is 4.00. The van der Waals surface area contributed by atoms with Gasteiger partial charge in [0.25, 0.3) is 5.91 Å². The van der Waals surface area contributed by atoms with Crippen molar-refractivity contribution in [1.82, 2.24) is 19.6 Å². The van der Waals surface area contributed by atoms with E-state index in [4.69, 9.17) is 5.10 Å². The van der Waals surface area contributed by atoms with E-state index in [1.807, 2.05) is 36.9 Å². The Bertz CT molecular complexity index is 1050. The normalized spacial score (nSPS) is 14.9. The third-order valence-electron chi connectivity index (χ3n) is 5.76. The number of aryl methyl sites for hydroxylation is 2. The standard InChI is InChI=1S/C24H27FN4O/c1-4-27-11-13-28(14-12-27)24(30)23-16-21(19-6-8-20(25)9-7-19)26-29(23)22-10-5-17(2)15-18(22)3/h5-10,15-16H,4,11-14H2,1-3H3. The molecule has 6 heteroatoms. The van der Waals surface area contributed by atoms with Gasteiger partial charge in [0, 0.05) is 31.7 Å². The minimum Gasteiger partial charge on any atom is -0.335 e. The Morgan fingerprint density at radius 1 is 1.00 bits per heavy atom. The Morgan fingerprint density at radius 3 is 2.33 bits per heavy atom. The molecular formula is C24H27FN4O. The van der Waals surface area contributed by atoms with Crippen LogP contribution in [0.3, 0.4) is 0 Å². The predicted molar refractivity (Wildman–Crippen MR) is 116 cm³/mol. The lowest BCUT2D eigenvalue weighted by Crippen LogP contribution is -2.48. The molecule has 0 spiro atoms. The zero-order valence-corrected chi connectivity index (χ0v) is 17.7. The van der Waals surface area contributed by atoms with Crippen LogP contribution in [0.25, 0.3) is 16.9 Å². The van der Waals surface area contributed by atoms with E-state index in [0.717, 1.165) is 42.0 Å². The second kappa shape index (κ2) is 8.40. The van der Waals surface area contributed by atoms with Gasteiger partial charge in [0.2, 0.25) is 0 Å². The van der Waals surface area contributed by atoms with E-state index in [0.29, 0.717) is 24.5 Å². The van der Waals surface area contributed by atoms with Gasteiger partial charge in [-0.15, -0.1) is 0 Å². The molecule has 3 aromatic rings. The Labute approximate surface area is 176 Å². The zero-order chi connectivity index (χ0) is 21.3. The van der Waals surface area contributed by atoms with Crippen molar-refractivity contribution in [3.8, 4) is 16.9 Å². The van der Waals surface area contributed by atoms with Gasteiger partial charge in [-0.25, -0.2) is 9.07 Å². The second-order valence-corrected chi connectivity index (χ2v) is 7.85. The first-order valence-electron chi connectivity index (χ1n) is 10.4. The predicted octanol–water partition coefficient (Wildman–Crippen LogP) is 4.07. The van der Waals surface area contributed by atoms with E-state index in [1.54, 1.807) is 16.8 Å². The summed E-state index contributed by atoms with van der Waals surface area (Å²) in [5, 5.41) is 4.75. The molecule has 1 aromatic heterocycles. The van der Waals surface area contributed by atoms with Crippen LogP contribution in [0.15, 0.2) is 48.5 Å². The molecule has 0 N–H and O–H groups in total. The Balaban J connectivity index is 1.75. The van der Waals surface area contributed by atoms with Crippen LogP contribution in [0.4, 0.5) is 4.39 Å². The van der Waals surface area contributed by atoms with Crippen LogP contribution >= 0.6 is 0 Å². The van der Waals surface area contributed by atoms with Gasteiger partial charge >= 0.3 is 0 Å². The molecule has 156 valence electrons. The number of hydrogen-bond acceptors (Lipinski definition) is 3. The monoisotopic (exact) mass is 406 g/mol. The van der Waals surface area contributed by atoms with Gasteiger partial charge in [-0.3, -0.25) is 4.79 Å². The molecule has 0 bridgehead atoms. The van der Waals surface area contributed by atoms with Crippen molar-refractivity contribution < 1.29 is 9.18 Å². The summed E-state index contributed by atoms with van der Waals surface area (Å²) in [5.41, 5.74) is 5.06. The summed E-state index contributed by atoms with van der Waals surface area (Å²) in [4.78, 5) is 17.7. The molecular weight excluding hydrogens is 379 g/mol. The SMILES string of the molecule is CCN1CCN(C(=O)c2cc(-c3ccc(F)cc3)nn2-c2ccc(C)cc2C)CC1. The highest BCUT2D eigenvalue weighted by Gasteiger charge is 2.26. The van der Waals surface area contributed by atoms with E-state index < -0.39 is 0 Å². The van der Waals surface area contributed by atoms with Crippen molar-refractivity contribution in [3.63, 3.8) is 0 Å². The van der Waals surface area contributed by atoms with Crippen LogP contribution < -0.4 is 0 Å². The number of benzene rings is 2. The highest BCUT2D eigenvalue weighted by Crippen LogP contribution is 2.25. The average Bonchev–Trinajstić information content (AvgIpc) is 3.19. The van der Waals surface area contributed by atoms with Crippen molar-refractivity contribution >= 4 is 5.91 Å².